The van der Waals surface area contributed by atoms with Crippen LogP contribution in [-0.4, -0.2) is 47.4 Å². The fraction of sp³-hybridized carbons (Fsp3) is 0.904. The van der Waals surface area contributed by atoms with Gasteiger partial charge in [0.05, 0.1) is 25.4 Å². The van der Waals surface area contributed by atoms with Gasteiger partial charge in [0.2, 0.25) is 5.91 Å². The summed E-state index contributed by atoms with van der Waals surface area (Å²) in [5.74, 6) is -0.0485. The van der Waals surface area contributed by atoms with Gasteiger partial charge in [-0.1, -0.05) is 397 Å². The lowest BCUT2D eigenvalue weighted by atomic mass is 10.0. The average molecular weight is 1250 g/mol. The van der Waals surface area contributed by atoms with Crippen molar-refractivity contribution in [3.63, 3.8) is 0 Å². The molecule has 89 heavy (non-hydrogen) atoms. The van der Waals surface area contributed by atoms with E-state index in [0.29, 0.717) is 19.4 Å². The van der Waals surface area contributed by atoms with Crippen LogP contribution in [0.25, 0.3) is 0 Å². The summed E-state index contributed by atoms with van der Waals surface area (Å²) in [6.07, 6.45) is 103. The van der Waals surface area contributed by atoms with Crippen LogP contribution in [0.15, 0.2) is 36.5 Å². The first-order chi connectivity index (χ1) is 44.0. The van der Waals surface area contributed by atoms with Crippen LogP contribution < -0.4 is 5.32 Å². The Labute approximate surface area is 557 Å². The summed E-state index contributed by atoms with van der Waals surface area (Å²) in [5, 5.41) is 23.3. The third-order valence-electron chi connectivity index (χ3n) is 19.1. The Morgan fingerprint density at radius 1 is 0.303 bits per heavy atom. The molecule has 3 N–H and O–H groups in total. The Morgan fingerprint density at radius 3 is 0.798 bits per heavy atom. The number of carbonyl (C=O) groups is 2. The number of allylic oxidation sites excluding steroid dienone is 5. The smallest absolute Gasteiger partial charge is 0.305 e. The van der Waals surface area contributed by atoms with Crippen LogP contribution in [0.5, 0.6) is 0 Å². The van der Waals surface area contributed by atoms with E-state index in [9.17, 15) is 19.8 Å². The van der Waals surface area contributed by atoms with Gasteiger partial charge >= 0.3 is 5.97 Å². The van der Waals surface area contributed by atoms with Gasteiger partial charge in [-0.15, -0.1) is 0 Å². The summed E-state index contributed by atoms with van der Waals surface area (Å²) in [6.45, 7) is 4.95. The zero-order valence-electron chi connectivity index (χ0n) is 60.4. The van der Waals surface area contributed by atoms with Crippen molar-refractivity contribution in [2.75, 3.05) is 13.2 Å². The molecule has 1 amide bonds. The van der Waals surface area contributed by atoms with Crippen molar-refractivity contribution in [2.24, 2.45) is 0 Å². The molecule has 0 aliphatic heterocycles. The van der Waals surface area contributed by atoms with Crippen LogP contribution in [0.3, 0.4) is 0 Å². The zero-order valence-corrected chi connectivity index (χ0v) is 60.4. The second-order valence-electron chi connectivity index (χ2n) is 28.1. The highest BCUT2D eigenvalue weighted by Crippen LogP contribution is 2.20. The number of rotatable bonds is 77. The lowest BCUT2D eigenvalue weighted by Crippen LogP contribution is -2.45. The molecular formula is C83H159NO5. The van der Waals surface area contributed by atoms with Crippen molar-refractivity contribution in [1.82, 2.24) is 5.32 Å². The van der Waals surface area contributed by atoms with E-state index in [0.717, 1.165) is 44.9 Å². The number of aliphatic hydroxyl groups excluding tert-OH is 2. The quantitative estimate of drug-likeness (QED) is 0.0320. The molecule has 0 saturated heterocycles. The number of aliphatic hydroxyl groups is 2. The van der Waals surface area contributed by atoms with E-state index < -0.39 is 12.1 Å². The largest absolute Gasteiger partial charge is 0.466 e. The Balaban J connectivity index is 3.38. The number of esters is 1. The van der Waals surface area contributed by atoms with Gasteiger partial charge in [0.25, 0.3) is 0 Å². The van der Waals surface area contributed by atoms with Crippen molar-refractivity contribution < 1.29 is 24.5 Å². The van der Waals surface area contributed by atoms with Gasteiger partial charge in [-0.05, 0) is 83.5 Å². The van der Waals surface area contributed by atoms with Crippen molar-refractivity contribution in [1.29, 1.82) is 0 Å². The zero-order chi connectivity index (χ0) is 64.2. The Morgan fingerprint density at radius 2 is 0.528 bits per heavy atom. The minimum Gasteiger partial charge on any atom is -0.466 e. The SMILES string of the molecule is CCCCCCCC/C=C\CCCCCCCC(=O)OCCCCCCCCCCCCCC/C=C\CCCCCCCCCCCCCCCCCCCC(=O)NC(CO)C(O)/C=C/CCCCCCCCCCCCCCCCCCCCCCCC. The van der Waals surface area contributed by atoms with E-state index in [4.69, 9.17) is 4.74 Å². The lowest BCUT2D eigenvalue weighted by molar-refractivity contribution is -0.143. The van der Waals surface area contributed by atoms with E-state index in [2.05, 4.69) is 43.5 Å². The molecule has 526 valence electrons. The highest BCUT2D eigenvalue weighted by Gasteiger charge is 2.18. The summed E-state index contributed by atoms with van der Waals surface area (Å²) in [6, 6.07) is -0.627. The molecule has 0 saturated carbocycles. The molecule has 0 aromatic carbocycles. The highest BCUT2D eigenvalue weighted by atomic mass is 16.5. The summed E-state index contributed by atoms with van der Waals surface area (Å²) in [5.41, 5.74) is 0. The van der Waals surface area contributed by atoms with E-state index in [1.54, 1.807) is 6.08 Å². The first-order valence-corrected chi connectivity index (χ1v) is 40.8. The van der Waals surface area contributed by atoms with Crippen LogP contribution in [0, 0.1) is 0 Å². The molecule has 0 radical (unpaired) electrons. The summed E-state index contributed by atoms with van der Waals surface area (Å²) >= 11 is 0. The third-order valence-corrected chi connectivity index (χ3v) is 19.1. The molecule has 0 aromatic rings. The minimum atomic E-state index is -0.844. The number of nitrogens with one attached hydrogen (secondary N) is 1. The van der Waals surface area contributed by atoms with E-state index >= 15 is 0 Å². The number of hydrogen-bond donors (Lipinski definition) is 3. The fourth-order valence-electron chi connectivity index (χ4n) is 12.9. The molecule has 0 heterocycles. The molecule has 2 unspecified atom stereocenters. The topological polar surface area (TPSA) is 95.9 Å². The number of ether oxygens (including phenoxy) is 1. The van der Waals surface area contributed by atoms with E-state index in [-0.39, 0.29) is 18.5 Å². The number of carbonyl (C=O) groups excluding carboxylic acids is 2. The molecule has 0 fully saturated rings. The summed E-state index contributed by atoms with van der Waals surface area (Å²) < 4.78 is 5.50. The predicted molar refractivity (Wildman–Crippen MR) is 393 cm³/mol. The molecule has 0 aliphatic rings. The van der Waals surface area contributed by atoms with Crippen LogP contribution in [0.2, 0.25) is 0 Å². The Hall–Kier alpha value is -1.92. The van der Waals surface area contributed by atoms with Gasteiger partial charge in [-0.3, -0.25) is 9.59 Å². The second-order valence-corrected chi connectivity index (χ2v) is 28.1. The molecule has 6 heteroatoms. The van der Waals surface area contributed by atoms with Crippen molar-refractivity contribution in [2.45, 2.75) is 469 Å². The number of unbranched alkanes of at least 4 members (excludes halogenated alkanes) is 62. The normalized spacial score (nSPS) is 12.6. The highest BCUT2D eigenvalue weighted by molar-refractivity contribution is 5.76. The van der Waals surface area contributed by atoms with Crippen LogP contribution in [-0.2, 0) is 14.3 Å². The monoisotopic (exact) mass is 1250 g/mol. The lowest BCUT2D eigenvalue weighted by Gasteiger charge is -2.20. The molecule has 6 nitrogen and oxygen atoms in total. The van der Waals surface area contributed by atoms with Gasteiger partial charge in [-0.25, -0.2) is 0 Å². The van der Waals surface area contributed by atoms with Crippen LogP contribution in [0.1, 0.15) is 457 Å². The first-order valence-electron chi connectivity index (χ1n) is 40.8. The third kappa shape index (κ3) is 75.0. The molecule has 0 aliphatic carbocycles. The second kappa shape index (κ2) is 78.5. The van der Waals surface area contributed by atoms with Gasteiger partial charge in [0.1, 0.15) is 0 Å². The summed E-state index contributed by atoms with van der Waals surface area (Å²) in [4.78, 5) is 24.6. The molecule has 0 rings (SSSR count). The minimum absolute atomic E-state index is 0.0113. The maximum absolute atomic E-state index is 12.6. The predicted octanol–water partition coefficient (Wildman–Crippen LogP) is 27.0. The van der Waals surface area contributed by atoms with Gasteiger partial charge in [0, 0.05) is 12.8 Å². The average Bonchev–Trinajstić information content (AvgIpc) is 3.63. The standard InChI is InChI=1S/C83H159NO5/c1-3-5-7-9-11-13-15-17-19-20-21-22-23-35-38-41-44-48-51-55-59-63-67-71-75-81(86)80(79-85)84-82(87)76-72-68-64-60-56-52-49-45-42-39-36-33-31-29-27-25-24-26-28-30-32-34-37-40-43-46-50-54-58-62-66-70-74-78-89-83(88)77-73-69-65-61-57-53-47-18-16-14-12-10-8-6-4-2/h18,28,30,47,71,75,80-81,85-86H,3-17,19-27,29,31-46,48-70,72-74,76-79H2,1-2H3,(H,84,87)/b30-28-,47-18-,75-71+. The Kier molecular flexibility index (Phi) is 76.8. The van der Waals surface area contributed by atoms with Gasteiger partial charge in [0.15, 0.2) is 0 Å². The van der Waals surface area contributed by atoms with Crippen LogP contribution in [0.4, 0.5) is 0 Å². The first kappa shape index (κ1) is 87.1. The van der Waals surface area contributed by atoms with Crippen LogP contribution >= 0.6 is 0 Å². The fourth-order valence-corrected chi connectivity index (χ4v) is 12.9. The molecule has 0 spiro atoms. The van der Waals surface area contributed by atoms with Crippen molar-refractivity contribution in [3.8, 4) is 0 Å². The van der Waals surface area contributed by atoms with E-state index in [1.165, 1.54) is 385 Å². The summed E-state index contributed by atoms with van der Waals surface area (Å²) in [7, 11) is 0. The Bertz CT molecular complexity index is 1440. The van der Waals surface area contributed by atoms with Crippen molar-refractivity contribution in [3.05, 3.63) is 36.5 Å². The molecular weight excluding hydrogens is 1090 g/mol. The van der Waals surface area contributed by atoms with Crippen molar-refractivity contribution >= 4 is 11.9 Å². The molecule has 0 bridgehead atoms. The maximum Gasteiger partial charge on any atom is 0.305 e. The number of hydrogen-bond acceptors (Lipinski definition) is 5. The van der Waals surface area contributed by atoms with Gasteiger partial charge in [-0.2, -0.15) is 0 Å². The number of amides is 1. The molecule has 0 aromatic heterocycles. The van der Waals surface area contributed by atoms with Gasteiger partial charge < -0.3 is 20.3 Å². The maximum atomic E-state index is 12.6. The van der Waals surface area contributed by atoms with E-state index in [1.807, 2.05) is 6.08 Å². The molecule has 2 atom stereocenters.